The molecule has 94 valence electrons. The van der Waals surface area contributed by atoms with Crippen LogP contribution in [0.15, 0.2) is 35.8 Å². The number of aromatic nitrogens is 1. The minimum Gasteiger partial charge on any atom is -0.389 e. The van der Waals surface area contributed by atoms with Crippen LogP contribution in [0.5, 0.6) is 0 Å². The second kappa shape index (κ2) is 5.93. The molecule has 2 aromatic rings. The summed E-state index contributed by atoms with van der Waals surface area (Å²) in [4.78, 5) is 8.32. The Morgan fingerprint density at radius 1 is 1.50 bits per heavy atom. The van der Waals surface area contributed by atoms with Crippen molar-refractivity contribution < 1.29 is 0 Å². The molecule has 2 N–H and O–H groups in total. The van der Waals surface area contributed by atoms with Gasteiger partial charge in [0.1, 0.15) is 10.8 Å². The lowest BCUT2D eigenvalue weighted by Gasteiger charge is -2.21. The number of thiophene rings is 1. The summed E-state index contributed by atoms with van der Waals surface area (Å²) >= 11 is 6.75. The van der Waals surface area contributed by atoms with Crippen LogP contribution in [0.1, 0.15) is 17.4 Å². The van der Waals surface area contributed by atoms with Crippen molar-refractivity contribution in [2.24, 2.45) is 5.73 Å². The van der Waals surface area contributed by atoms with Gasteiger partial charge in [-0.15, -0.1) is 11.3 Å². The van der Waals surface area contributed by atoms with E-state index in [2.05, 4.69) is 34.3 Å². The molecule has 0 aliphatic carbocycles. The van der Waals surface area contributed by atoms with Gasteiger partial charge in [-0.25, -0.2) is 4.98 Å². The second-order valence-electron chi connectivity index (χ2n) is 3.86. The number of nitrogens with zero attached hydrogens (tertiary/aromatic N) is 2. The van der Waals surface area contributed by atoms with Gasteiger partial charge in [-0.1, -0.05) is 18.3 Å². The zero-order valence-corrected chi connectivity index (χ0v) is 11.8. The van der Waals surface area contributed by atoms with Crippen molar-refractivity contribution in [2.45, 2.75) is 13.5 Å². The van der Waals surface area contributed by atoms with E-state index in [-0.39, 0.29) is 0 Å². The monoisotopic (exact) mass is 277 g/mol. The summed E-state index contributed by atoms with van der Waals surface area (Å²) in [5, 5.41) is 2.09. The van der Waals surface area contributed by atoms with Gasteiger partial charge in [0.2, 0.25) is 0 Å². The van der Waals surface area contributed by atoms with Gasteiger partial charge in [0.15, 0.2) is 0 Å². The fraction of sp³-hybridized carbons (Fsp3) is 0.231. The molecule has 0 aliphatic rings. The van der Waals surface area contributed by atoms with Gasteiger partial charge in [-0.2, -0.15) is 0 Å². The van der Waals surface area contributed by atoms with Gasteiger partial charge in [0.25, 0.3) is 0 Å². The molecule has 0 fully saturated rings. The van der Waals surface area contributed by atoms with Crippen LogP contribution >= 0.6 is 23.6 Å². The third-order valence-electron chi connectivity index (χ3n) is 2.66. The number of nitrogens with two attached hydrogens (primary N) is 1. The second-order valence-corrected chi connectivity index (χ2v) is 5.33. The van der Waals surface area contributed by atoms with Crippen LogP contribution in [0.25, 0.3) is 0 Å². The maximum atomic E-state index is 5.65. The minimum atomic E-state index is 0.408. The summed E-state index contributed by atoms with van der Waals surface area (Å²) in [7, 11) is 0. The molecule has 0 bridgehead atoms. The van der Waals surface area contributed by atoms with Crippen LogP contribution < -0.4 is 10.6 Å². The molecule has 5 heteroatoms. The predicted molar refractivity (Wildman–Crippen MR) is 81.2 cm³/mol. The highest BCUT2D eigenvalue weighted by molar-refractivity contribution is 7.80. The first kappa shape index (κ1) is 13.0. The average Bonchev–Trinajstić information content (AvgIpc) is 2.89. The van der Waals surface area contributed by atoms with Crippen molar-refractivity contribution in [1.29, 1.82) is 0 Å². The largest absolute Gasteiger partial charge is 0.389 e. The first-order valence-electron chi connectivity index (χ1n) is 5.74. The van der Waals surface area contributed by atoms with Crippen molar-refractivity contribution >= 4 is 34.4 Å². The Morgan fingerprint density at radius 3 is 2.94 bits per heavy atom. The first-order valence-corrected chi connectivity index (χ1v) is 7.02. The molecule has 0 unspecified atom stereocenters. The van der Waals surface area contributed by atoms with Crippen molar-refractivity contribution in [3.63, 3.8) is 0 Å². The molecule has 0 radical (unpaired) electrons. The quantitative estimate of drug-likeness (QED) is 0.853. The number of rotatable bonds is 5. The van der Waals surface area contributed by atoms with E-state index in [1.54, 1.807) is 17.5 Å². The normalized spacial score (nSPS) is 10.3. The summed E-state index contributed by atoms with van der Waals surface area (Å²) in [6.45, 7) is 3.87. The summed E-state index contributed by atoms with van der Waals surface area (Å²) in [6, 6.07) is 7.97. The zero-order valence-electron chi connectivity index (χ0n) is 10.2. The lowest BCUT2D eigenvalue weighted by molar-refractivity contribution is 0.823. The lowest BCUT2D eigenvalue weighted by Crippen LogP contribution is -2.23. The molecule has 18 heavy (non-hydrogen) atoms. The summed E-state index contributed by atoms with van der Waals surface area (Å²) in [5.74, 6) is 0.913. The van der Waals surface area contributed by atoms with Gasteiger partial charge < -0.3 is 10.6 Å². The third-order valence-corrected chi connectivity index (χ3v) is 3.76. The molecule has 0 atom stereocenters. The SMILES string of the molecule is CCN(Cc1cccs1)c1cc(C(N)=S)ccn1. The average molecular weight is 277 g/mol. The number of hydrogen-bond donors (Lipinski definition) is 1. The summed E-state index contributed by atoms with van der Waals surface area (Å²) in [6.07, 6.45) is 1.75. The molecule has 0 spiro atoms. The highest BCUT2D eigenvalue weighted by Gasteiger charge is 2.08. The molecule has 0 aromatic carbocycles. The van der Waals surface area contributed by atoms with Crippen LogP contribution in [0.4, 0.5) is 5.82 Å². The highest BCUT2D eigenvalue weighted by atomic mass is 32.1. The molecule has 0 aliphatic heterocycles. The molecule has 2 heterocycles. The van der Waals surface area contributed by atoms with Gasteiger partial charge in [0, 0.05) is 23.2 Å². The molecular formula is C13H15N3S2. The molecule has 2 aromatic heterocycles. The van der Waals surface area contributed by atoms with E-state index in [4.69, 9.17) is 18.0 Å². The lowest BCUT2D eigenvalue weighted by atomic mass is 10.2. The molecule has 3 nitrogen and oxygen atoms in total. The first-order chi connectivity index (χ1) is 8.70. The van der Waals surface area contributed by atoms with Gasteiger partial charge in [0.05, 0.1) is 6.54 Å². The predicted octanol–water partition coefficient (Wildman–Crippen LogP) is 2.80. The van der Waals surface area contributed by atoms with E-state index in [0.29, 0.717) is 4.99 Å². The molecule has 0 amide bonds. The maximum absolute atomic E-state index is 5.65. The Kier molecular flexibility index (Phi) is 4.28. The van der Waals surface area contributed by atoms with E-state index >= 15 is 0 Å². The van der Waals surface area contributed by atoms with Crippen LogP contribution in [0, 0.1) is 0 Å². The van der Waals surface area contributed by atoms with E-state index < -0.39 is 0 Å². The smallest absolute Gasteiger partial charge is 0.129 e. The van der Waals surface area contributed by atoms with Crippen LogP contribution in [-0.4, -0.2) is 16.5 Å². The maximum Gasteiger partial charge on any atom is 0.129 e. The van der Waals surface area contributed by atoms with Crippen molar-refractivity contribution in [2.75, 3.05) is 11.4 Å². The van der Waals surface area contributed by atoms with Gasteiger partial charge in [-0.3, -0.25) is 0 Å². The van der Waals surface area contributed by atoms with Crippen LogP contribution in [-0.2, 0) is 6.54 Å². The minimum absolute atomic E-state index is 0.408. The third kappa shape index (κ3) is 3.05. The Hall–Kier alpha value is -1.46. The molecule has 0 saturated heterocycles. The number of hydrogen-bond acceptors (Lipinski definition) is 4. The van der Waals surface area contributed by atoms with Crippen molar-refractivity contribution in [3.8, 4) is 0 Å². The van der Waals surface area contributed by atoms with Gasteiger partial charge >= 0.3 is 0 Å². The summed E-state index contributed by atoms with van der Waals surface area (Å²) < 4.78 is 0. The number of thiocarbonyl (C=S) groups is 1. The molecule has 2 rings (SSSR count). The number of pyridine rings is 1. The Labute approximate surface area is 116 Å². The fourth-order valence-corrected chi connectivity index (χ4v) is 2.54. The van der Waals surface area contributed by atoms with E-state index in [9.17, 15) is 0 Å². The van der Waals surface area contributed by atoms with E-state index in [0.717, 1.165) is 24.5 Å². The Morgan fingerprint density at radius 2 is 2.33 bits per heavy atom. The zero-order chi connectivity index (χ0) is 13.0. The Bertz CT molecular complexity index is 523. The van der Waals surface area contributed by atoms with Crippen molar-refractivity contribution in [3.05, 3.63) is 46.3 Å². The molecule has 0 saturated carbocycles. The van der Waals surface area contributed by atoms with E-state index in [1.807, 2.05) is 12.1 Å². The van der Waals surface area contributed by atoms with Gasteiger partial charge in [-0.05, 0) is 30.5 Å². The van der Waals surface area contributed by atoms with E-state index in [1.165, 1.54) is 4.88 Å². The number of anilines is 1. The van der Waals surface area contributed by atoms with Crippen molar-refractivity contribution in [1.82, 2.24) is 4.98 Å². The van der Waals surface area contributed by atoms with Crippen LogP contribution in [0.3, 0.4) is 0 Å². The fourth-order valence-electron chi connectivity index (χ4n) is 1.69. The Balaban J connectivity index is 2.21. The highest BCUT2D eigenvalue weighted by Crippen LogP contribution is 2.18. The standard InChI is InChI=1S/C13H15N3S2/c1-2-16(9-11-4-3-7-18-11)12-8-10(13(14)17)5-6-15-12/h3-8H,2,9H2,1H3,(H2,14,17). The summed E-state index contributed by atoms with van der Waals surface area (Å²) in [5.41, 5.74) is 6.51. The molecular weight excluding hydrogens is 262 g/mol. The van der Waals surface area contributed by atoms with Crippen LogP contribution in [0.2, 0.25) is 0 Å². The topological polar surface area (TPSA) is 42.1 Å².